The minimum absolute atomic E-state index is 0.0428. The van der Waals surface area contributed by atoms with E-state index >= 15 is 0 Å². The molecule has 61 heavy (non-hydrogen) atoms. The topological polar surface area (TPSA) is 229 Å². The summed E-state index contributed by atoms with van der Waals surface area (Å²) in [4.78, 5) is 58.7. The lowest BCUT2D eigenvalue weighted by Crippen LogP contribution is -2.34. The van der Waals surface area contributed by atoms with Gasteiger partial charge in [0.25, 0.3) is 0 Å². The molecule has 0 heterocycles. The highest BCUT2D eigenvalue weighted by Gasteiger charge is 2.39. The first kappa shape index (κ1) is 55.8. The van der Waals surface area contributed by atoms with Crippen LogP contribution in [0, 0.1) is 11.8 Å². The van der Waals surface area contributed by atoms with E-state index in [1.165, 1.54) is 38.5 Å². The van der Waals surface area contributed by atoms with Crippen molar-refractivity contribution in [3.63, 3.8) is 0 Å². The average Bonchev–Trinajstić information content (AvgIpc) is 3.49. The second-order valence-electron chi connectivity index (χ2n) is 15.6. The molecule has 0 saturated heterocycles. The number of carboxylic acid groups (broad SMARTS) is 1. The molecule has 14 nitrogen and oxygen atoms in total. The fourth-order valence-corrected chi connectivity index (χ4v) is 7.25. The van der Waals surface area contributed by atoms with Crippen LogP contribution in [0.1, 0.15) is 149 Å². The summed E-state index contributed by atoms with van der Waals surface area (Å²) in [5.41, 5.74) is 5.32. The van der Waals surface area contributed by atoms with E-state index in [2.05, 4.69) is 42.7 Å². The highest BCUT2D eigenvalue weighted by Crippen LogP contribution is 2.43. The summed E-state index contributed by atoms with van der Waals surface area (Å²) in [6.07, 6.45) is 33.8. The molecule has 348 valence electrons. The van der Waals surface area contributed by atoms with Crippen LogP contribution in [0.3, 0.4) is 0 Å². The maximum atomic E-state index is 12.7. The summed E-state index contributed by atoms with van der Waals surface area (Å²) in [6, 6.07) is -1.58. The van der Waals surface area contributed by atoms with Gasteiger partial charge in [-0.05, 0) is 64.2 Å². The van der Waals surface area contributed by atoms with Crippen LogP contribution in [0.2, 0.25) is 0 Å². The number of esters is 2. The fraction of sp³-hybridized carbons (Fsp3) is 0.696. The van der Waals surface area contributed by atoms with Crippen LogP contribution in [0.4, 0.5) is 0 Å². The van der Waals surface area contributed by atoms with Crippen molar-refractivity contribution in [1.82, 2.24) is 0 Å². The molecule has 0 radical (unpaired) electrons. The molecule has 6 N–H and O–H groups in total. The van der Waals surface area contributed by atoms with Crippen LogP contribution < -0.4 is 5.73 Å². The number of allylic oxidation sites excluding steroid dienone is 9. The van der Waals surface area contributed by atoms with Crippen molar-refractivity contribution < 1.29 is 62.5 Å². The molecule has 1 unspecified atom stereocenters. The molecule has 0 spiro atoms. The van der Waals surface area contributed by atoms with Crippen LogP contribution in [0.25, 0.3) is 0 Å². The van der Waals surface area contributed by atoms with Gasteiger partial charge in [0.05, 0.1) is 25.4 Å². The molecule has 0 bridgehead atoms. The normalized spacial score (nSPS) is 19.7. The molecule has 15 heteroatoms. The number of carbonyl (C=O) groups is 4. The highest BCUT2D eigenvalue weighted by molar-refractivity contribution is 7.47. The van der Waals surface area contributed by atoms with Crippen molar-refractivity contribution in [2.24, 2.45) is 17.6 Å². The van der Waals surface area contributed by atoms with E-state index in [1.807, 2.05) is 24.3 Å². The maximum absolute atomic E-state index is 12.7. The average molecular weight is 882 g/mol. The number of phosphoric ester groups is 1. The first-order valence-electron chi connectivity index (χ1n) is 22.4. The number of hydrogen-bond donors (Lipinski definition) is 5. The van der Waals surface area contributed by atoms with Crippen LogP contribution in [0.15, 0.2) is 60.8 Å². The summed E-state index contributed by atoms with van der Waals surface area (Å²) in [5, 5.41) is 29.6. The third kappa shape index (κ3) is 29.7. The van der Waals surface area contributed by atoms with Gasteiger partial charge >= 0.3 is 25.7 Å². The van der Waals surface area contributed by atoms with Gasteiger partial charge in [-0.2, -0.15) is 0 Å². The largest absolute Gasteiger partial charge is 0.480 e. The van der Waals surface area contributed by atoms with Gasteiger partial charge in [0, 0.05) is 31.1 Å². The molecule has 0 aromatic rings. The second kappa shape index (κ2) is 35.3. The van der Waals surface area contributed by atoms with Gasteiger partial charge in [0.1, 0.15) is 18.4 Å². The van der Waals surface area contributed by atoms with Gasteiger partial charge in [-0.3, -0.25) is 28.2 Å². The Morgan fingerprint density at radius 3 is 1.98 bits per heavy atom. The quantitative estimate of drug-likeness (QED) is 0.0171. The number of Topliss-reactive ketones (excluding diaryl/α,β-unsaturated/α-hetero) is 1. The second-order valence-corrected chi connectivity index (χ2v) is 17.1. The third-order valence-electron chi connectivity index (χ3n) is 10.1. The minimum atomic E-state index is -4.81. The number of hydrogen-bond acceptors (Lipinski definition) is 12. The molecule has 7 atom stereocenters. The Labute approximate surface area is 364 Å². The number of phosphoric acid groups is 1. The zero-order chi connectivity index (χ0) is 45.1. The standard InChI is InChI=1S/C46H76NO13P/c1-3-5-7-8-9-10-11-12-13-14-15-16-17-18-19-20-25-29-44(51)57-34-38(35-58-61(55,56)59-36-41(47)46(53)54)60-45(52)30-26-22-21-24-28-39-40(43(50)33-42(39)49)32-31-37(48)27-23-6-4-2/h12-13,15-16,18-19,21,24,31-32,37-42,48-49H,3-11,14,17,20,22-23,25-30,33-36,47H2,1-2H3,(H,53,54)(H,55,56)/b13-12-,16-15-,19-18-,24-21-,32-31+/t37-,38+,39+,40+,41-,42-/m0/s1. The summed E-state index contributed by atoms with van der Waals surface area (Å²) >= 11 is 0. The van der Waals surface area contributed by atoms with Crippen molar-refractivity contribution in [2.45, 2.75) is 173 Å². The molecule has 1 aliphatic carbocycles. The lowest BCUT2D eigenvalue weighted by Gasteiger charge is -2.20. The van der Waals surface area contributed by atoms with Crippen molar-refractivity contribution in [2.75, 3.05) is 19.8 Å². The van der Waals surface area contributed by atoms with Crippen LogP contribution in [-0.2, 0) is 42.3 Å². The zero-order valence-electron chi connectivity index (χ0n) is 36.7. The summed E-state index contributed by atoms with van der Waals surface area (Å²) < 4.78 is 32.6. The molecule has 0 aromatic heterocycles. The van der Waals surface area contributed by atoms with Crippen molar-refractivity contribution >= 4 is 31.5 Å². The van der Waals surface area contributed by atoms with E-state index in [0.29, 0.717) is 38.5 Å². The lowest BCUT2D eigenvalue weighted by atomic mass is 9.90. The fourth-order valence-electron chi connectivity index (χ4n) is 6.47. The number of ether oxygens (including phenoxy) is 2. The van der Waals surface area contributed by atoms with Crippen LogP contribution >= 0.6 is 7.82 Å². The van der Waals surface area contributed by atoms with E-state index in [4.69, 9.17) is 24.8 Å². The van der Waals surface area contributed by atoms with Gasteiger partial charge in [-0.15, -0.1) is 0 Å². The molecular formula is C46H76NO13P. The summed E-state index contributed by atoms with van der Waals surface area (Å²) in [5.74, 6) is -3.55. The number of aliphatic hydroxyl groups excluding tert-OH is 2. The number of carbonyl (C=O) groups excluding carboxylic acids is 3. The van der Waals surface area contributed by atoms with E-state index < -0.39 is 75.8 Å². The predicted molar refractivity (Wildman–Crippen MR) is 236 cm³/mol. The molecule has 0 aliphatic heterocycles. The van der Waals surface area contributed by atoms with E-state index in [0.717, 1.165) is 38.5 Å². The molecule has 1 aliphatic rings. The third-order valence-corrected chi connectivity index (χ3v) is 11.1. The molecule has 1 rings (SSSR count). The summed E-state index contributed by atoms with van der Waals surface area (Å²) in [7, 11) is -4.81. The predicted octanol–water partition coefficient (Wildman–Crippen LogP) is 8.54. The molecule has 0 amide bonds. The first-order valence-corrected chi connectivity index (χ1v) is 23.9. The van der Waals surface area contributed by atoms with Gasteiger partial charge in [-0.1, -0.05) is 126 Å². The van der Waals surface area contributed by atoms with Crippen LogP contribution in [0.5, 0.6) is 0 Å². The number of aliphatic hydroxyl groups is 2. The van der Waals surface area contributed by atoms with Gasteiger partial charge < -0.3 is 35.4 Å². The Bertz CT molecular complexity index is 1430. The Morgan fingerprint density at radius 2 is 1.33 bits per heavy atom. The lowest BCUT2D eigenvalue weighted by molar-refractivity contribution is -0.161. The van der Waals surface area contributed by atoms with Crippen molar-refractivity contribution in [3.8, 4) is 0 Å². The van der Waals surface area contributed by atoms with E-state index in [1.54, 1.807) is 12.2 Å². The van der Waals surface area contributed by atoms with E-state index in [9.17, 15) is 38.8 Å². The molecule has 1 fully saturated rings. The van der Waals surface area contributed by atoms with E-state index in [-0.39, 0.29) is 31.0 Å². The molecule has 0 aromatic carbocycles. The van der Waals surface area contributed by atoms with Gasteiger partial charge in [0.15, 0.2) is 6.10 Å². The number of unbranched alkanes of at least 4 members (excludes halogenated alkanes) is 10. The Kier molecular flexibility index (Phi) is 32.2. The number of aliphatic carboxylic acids is 1. The first-order chi connectivity index (χ1) is 29.3. The molecular weight excluding hydrogens is 805 g/mol. The Balaban J connectivity index is 2.54. The maximum Gasteiger partial charge on any atom is 0.472 e. The SMILES string of the molecule is CCCCCCCC/C=C\C/C=C\C/C=C\CCCC(=O)OC[C@H](COP(=O)(O)OC[C@H](N)C(=O)O)OC(=O)CCC/C=C\C[C@H]1[C@@H](O)CC(=O)[C@@H]1/C=C/[C@@H](O)CCCCC. The van der Waals surface area contributed by atoms with Crippen molar-refractivity contribution in [1.29, 1.82) is 0 Å². The Hall–Kier alpha value is -3.23. The van der Waals surface area contributed by atoms with Gasteiger partial charge in [0.2, 0.25) is 0 Å². The van der Waals surface area contributed by atoms with Crippen LogP contribution in [-0.4, -0.2) is 88.1 Å². The number of carboxylic acids is 1. The minimum Gasteiger partial charge on any atom is -0.480 e. The number of ketones is 1. The molecule has 1 saturated carbocycles. The number of nitrogens with two attached hydrogens (primary N) is 1. The highest BCUT2D eigenvalue weighted by atomic mass is 31.2. The van der Waals surface area contributed by atoms with Gasteiger partial charge in [-0.25, -0.2) is 4.57 Å². The Morgan fingerprint density at radius 1 is 0.770 bits per heavy atom. The zero-order valence-corrected chi connectivity index (χ0v) is 37.6. The summed E-state index contributed by atoms with van der Waals surface area (Å²) in [6.45, 7) is 2.35. The number of rotatable bonds is 37. The van der Waals surface area contributed by atoms with Crippen molar-refractivity contribution in [3.05, 3.63) is 60.8 Å². The smallest absolute Gasteiger partial charge is 0.472 e. The monoisotopic (exact) mass is 882 g/mol.